The molecule has 1 aliphatic rings. The second-order valence-electron chi connectivity index (χ2n) is 4.39. The normalized spacial score (nSPS) is 16.9. The number of nitrogens with one attached hydrogen (secondary N) is 2. The maximum atomic E-state index is 11.8. The molecule has 2 aromatic rings. The van der Waals surface area contributed by atoms with Gasteiger partial charge in [0.25, 0.3) is 11.8 Å². The smallest absolute Gasteiger partial charge is 0.291 e. The Morgan fingerprint density at radius 2 is 2.20 bits per heavy atom. The van der Waals surface area contributed by atoms with Crippen molar-refractivity contribution in [3.05, 3.63) is 42.4 Å². The highest BCUT2D eigenvalue weighted by Gasteiger charge is 2.23. The standard InChI is InChI=1S/C14H12N2O4/c1-8-13(17)16-10-7-9(4-5-11(10)20-8)15-14(18)12-3-2-6-19-12/h2-8H,1H3,(H,15,18)(H,16,17)/t8-/m1/s1. The van der Waals surface area contributed by atoms with Gasteiger partial charge >= 0.3 is 0 Å². The van der Waals surface area contributed by atoms with Gasteiger partial charge in [0.1, 0.15) is 5.75 Å². The van der Waals surface area contributed by atoms with Crippen LogP contribution in [0.3, 0.4) is 0 Å². The van der Waals surface area contributed by atoms with Gasteiger partial charge in [-0.1, -0.05) is 0 Å². The van der Waals surface area contributed by atoms with Gasteiger partial charge in [-0.25, -0.2) is 0 Å². The minimum absolute atomic E-state index is 0.216. The molecule has 0 spiro atoms. The summed E-state index contributed by atoms with van der Waals surface area (Å²) in [6.45, 7) is 1.67. The predicted molar refractivity (Wildman–Crippen MR) is 71.8 cm³/mol. The summed E-state index contributed by atoms with van der Waals surface area (Å²) in [4.78, 5) is 23.4. The molecule has 1 aliphatic heterocycles. The highest BCUT2D eigenvalue weighted by atomic mass is 16.5. The van der Waals surface area contributed by atoms with Gasteiger partial charge in [-0.15, -0.1) is 0 Å². The van der Waals surface area contributed by atoms with Crippen LogP contribution in [0.5, 0.6) is 5.75 Å². The van der Waals surface area contributed by atoms with E-state index in [1.165, 1.54) is 6.26 Å². The summed E-state index contributed by atoms with van der Waals surface area (Å²) in [5.41, 5.74) is 1.08. The number of fused-ring (bicyclic) bond motifs is 1. The highest BCUT2D eigenvalue weighted by molar-refractivity contribution is 6.03. The fourth-order valence-electron chi connectivity index (χ4n) is 1.89. The Bertz CT molecular complexity index is 664. The van der Waals surface area contributed by atoms with Crippen LogP contribution in [0.25, 0.3) is 0 Å². The lowest BCUT2D eigenvalue weighted by Crippen LogP contribution is -2.34. The molecule has 102 valence electrons. The van der Waals surface area contributed by atoms with Crippen molar-refractivity contribution in [3.8, 4) is 5.75 Å². The summed E-state index contributed by atoms with van der Waals surface area (Å²) in [5, 5.41) is 5.40. The molecule has 0 saturated carbocycles. The van der Waals surface area contributed by atoms with Crippen LogP contribution in [0.15, 0.2) is 41.0 Å². The maximum Gasteiger partial charge on any atom is 0.291 e. The van der Waals surface area contributed by atoms with Crippen molar-refractivity contribution < 1.29 is 18.7 Å². The molecule has 1 atom stereocenters. The third-order valence-corrected chi connectivity index (χ3v) is 2.91. The topological polar surface area (TPSA) is 80.6 Å². The number of ether oxygens (including phenoxy) is 1. The van der Waals surface area contributed by atoms with Gasteiger partial charge in [0, 0.05) is 5.69 Å². The zero-order valence-corrected chi connectivity index (χ0v) is 10.7. The molecule has 0 bridgehead atoms. The lowest BCUT2D eigenvalue weighted by atomic mass is 10.2. The first kappa shape index (κ1) is 12.3. The van der Waals surface area contributed by atoms with Crippen molar-refractivity contribution in [1.29, 1.82) is 0 Å². The lowest BCUT2D eigenvalue weighted by Gasteiger charge is -2.23. The Morgan fingerprint density at radius 3 is 2.95 bits per heavy atom. The Balaban J connectivity index is 1.81. The van der Waals surface area contributed by atoms with Crippen LogP contribution in [0.2, 0.25) is 0 Å². The van der Waals surface area contributed by atoms with Crippen LogP contribution in [0, 0.1) is 0 Å². The Morgan fingerprint density at radius 1 is 1.35 bits per heavy atom. The fraction of sp³-hybridized carbons (Fsp3) is 0.143. The van der Waals surface area contributed by atoms with Crippen LogP contribution >= 0.6 is 0 Å². The molecule has 6 nitrogen and oxygen atoms in total. The molecule has 0 radical (unpaired) electrons. The number of carbonyl (C=O) groups excluding carboxylic acids is 2. The van der Waals surface area contributed by atoms with Gasteiger partial charge in [0.05, 0.1) is 12.0 Å². The number of benzene rings is 1. The van der Waals surface area contributed by atoms with E-state index < -0.39 is 6.10 Å². The molecular weight excluding hydrogens is 260 g/mol. The van der Waals surface area contributed by atoms with Gasteiger partial charge in [-0.3, -0.25) is 9.59 Å². The molecule has 0 aliphatic carbocycles. The Kier molecular flexibility index (Phi) is 2.90. The van der Waals surface area contributed by atoms with Crippen LogP contribution in [0.4, 0.5) is 11.4 Å². The zero-order chi connectivity index (χ0) is 14.1. The average molecular weight is 272 g/mol. The van der Waals surface area contributed by atoms with Crippen molar-refractivity contribution in [1.82, 2.24) is 0 Å². The minimum Gasteiger partial charge on any atom is -0.479 e. The van der Waals surface area contributed by atoms with Crippen molar-refractivity contribution in [2.75, 3.05) is 10.6 Å². The second kappa shape index (κ2) is 4.73. The highest BCUT2D eigenvalue weighted by Crippen LogP contribution is 2.32. The van der Waals surface area contributed by atoms with E-state index in [0.717, 1.165) is 0 Å². The van der Waals surface area contributed by atoms with E-state index in [9.17, 15) is 9.59 Å². The molecule has 1 aromatic carbocycles. The summed E-state index contributed by atoms with van der Waals surface area (Å²) in [7, 11) is 0. The number of hydrogen-bond acceptors (Lipinski definition) is 4. The second-order valence-corrected chi connectivity index (χ2v) is 4.39. The van der Waals surface area contributed by atoms with Crippen LogP contribution in [0.1, 0.15) is 17.5 Å². The molecule has 1 aromatic heterocycles. The number of carbonyl (C=O) groups is 2. The fourth-order valence-corrected chi connectivity index (χ4v) is 1.89. The van der Waals surface area contributed by atoms with Crippen molar-refractivity contribution >= 4 is 23.2 Å². The third kappa shape index (κ3) is 2.23. The molecule has 2 N–H and O–H groups in total. The molecule has 0 saturated heterocycles. The van der Waals surface area contributed by atoms with Gasteiger partial charge in [0.2, 0.25) is 0 Å². The van der Waals surface area contributed by atoms with Crippen LogP contribution in [-0.4, -0.2) is 17.9 Å². The molecule has 20 heavy (non-hydrogen) atoms. The Labute approximate surface area is 114 Å². The van der Waals surface area contributed by atoms with Crippen molar-refractivity contribution in [3.63, 3.8) is 0 Å². The number of furan rings is 1. The maximum absolute atomic E-state index is 11.8. The number of amides is 2. The number of rotatable bonds is 2. The summed E-state index contributed by atoms with van der Waals surface area (Å²) in [5.74, 6) is 0.225. The van der Waals surface area contributed by atoms with E-state index in [1.54, 1.807) is 37.3 Å². The molecule has 0 fully saturated rings. The Hall–Kier alpha value is -2.76. The van der Waals surface area contributed by atoms with E-state index in [2.05, 4.69) is 10.6 Å². The van der Waals surface area contributed by atoms with Gasteiger partial charge in [-0.05, 0) is 37.3 Å². The summed E-state index contributed by atoms with van der Waals surface area (Å²) in [6, 6.07) is 8.24. The quantitative estimate of drug-likeness (QED) is 0.878. The molecule has 6 heteroatoms. The first-order valence-electron chi connectivity index (χ1n) is 6.10. The van der Waals surface area contributed by atoms with Crippen molar-refractivity contribution in [2.45, 2.75) is 13.0 Å². The van der Waals surface area contributed by atoms with E-state index >= 15 is 0 Å². The largest absolute Gasteiger partial charge is 0.479 e. The summed E-state index contributed by atoms with van der Waals surface area (Å²) >= 11 is 0. The first-order valence-corrected chi connectivity index (χ1v) is 6.10. The summed E-state index contributed by atoms with van der Waals surface area (Å²) < 4.78 is 10.4. The van der Waals surface area contributed by atoms with Crippen molar-refractivity contribution in [2.24, 2.45) is 0 Å². The van der Waals surface area contributed by atoms with E-state index in [4.69, 9.17) is 9.15 Å². The molecular formula is C14H12N2O4. The van der Waals surface area contributed by atoms with Gasteiger partial charge in [0.15, 0.2) is 11.9 Å². The molecule has 2 heterocycles. The van der Waals surface area contributed by atoms with Crippen LogP contribution < -0.4 is 15.4 Å². The molecule has 0 unspecified atom stereocenters. The zero-order valence-electron chi connectivity index (χ0n) is 10.7. The SMILES string of the molecule is C[C@H]1Oc2ccc(NC(=O)c3ccco3)cc2NC1=O. The van der Waals surface area contributed by atoms with E-state index in [1.807, 2.05) is 0 Å². The molecule has 3 rings (SSSR count). The monoisotopic (exact) mass is 272 g/mol. The predicted octanol–water partition coefficient (Wildman–Crippen LogP) is 2.25. The molecule has 2 amide bonds. The minimum atomic E-state index is -0.522. The van der Waals surface area contributed by atoms with E-state index in [-0.39, 0.29) is 17.6 Å². The van der Waals surface area contributed by atoms with Gasteiger partial charge in [-0.2, -0.15) is 0 Å². The third-order valence-electron chi connectivity index (χ3n) is 2.91. The number of anilines is 2. The van der Waals surface area contributed by atoms with E-state index in [0.29, 0.717) is 17.1 Å². The average Bonchev–Trinajstić information content (AvgIpc) is 2.94. The lowest BCUT2D eigenvalue weighted by molar-refractivity contribution is -0.122. The number of hydrogen-bond donors (Lipinski definition) is 2. The summed E-state index contributed by atoms with van der Waals surface area (Å²) in [6.07, 6.45) is 0.906. The first-order chi connectivity index (χ1) is 9.63. The van der Waals surface area contributed by atoms with Crippen LogP contribution in [-0.2, 0) is 4.79 Å². The van der Waals surface area contributed by atoms with Gasteiger partial charge < -0.3 is 19.8 Å².